The summed E-state index contributed by atoms with van der Waals surface area (Å²) < 4.78 is 22.8. The van der Waals surface area contributed by atoms with Crippen LogP contribution in [0.5, 0.6) is 0 Å². The average Bonchev–Trinajstić information content (AvgIpc) is 3.07. The lowest BCUT2D eigenvalue weighted by Crippen LogP contribution is -2.38. The van der Waals surface area contributed by atoms with Crippen molar-refractivity contribution in [1.29, 1.82) is 0 Å². The van der Waals surface area contributed by atoms with E-state index in [0.717, 1.165) is 16.7 Å². The number of amides is 3. The van der Waals surface area contributed by atoms with Gasteiger partial charge in [0.05, 0.1) is 16.4 Å². The van der Waals surface area contributed by atoms with Crippen molar-refractivity contribution in [3.8, 4) is 0 Å². The van der Waals surface area contributed by atoms with Crippen molar-refractivity contribution in [2.45, 2.75) is 18.9 Å². The normalized spacial score (nSPS) is 23.2. The van der Waals surface area contributed by atoms with E-state index in [1.54, 1.807) is 30.3 Å². The van der Waals surface area contributed by atoms with Gasteiger partial charge in [-0.1, -0.05) is 29.8 Å². The summed E-state index contributed by atoms with van der Waals surface area (Å²) >= 11 is 6.87. The molecule has 0 saturated carbocycles. The van der Waals surface area contributed by atoms with Gasteiger partial charge < -0.3 is 5.32 Å². The molecule has 27 heavy (non-hydrogen) atoms. The molecule has 144 valence electrons. The SMILES string of the molecule is O=C(CCN1C(=O)S/C(=C\c2ccccc2Cl)C1=O)NC1CCS(=O)(=O)C1. The van der Waals surface area contributed by atoms with Crippen molar-refractivity contribution < 1.29 is 22.8 Å². The van der Waals surface area contributed by atoms with Gasteiger partial charge in [0.2, 0.25) is 5.91 Å². The molecule has 10 heteroatoms. The summed E-state index contributed by atoms with van der Waals surface area (Å²) in [6.07, 6.45) is 1.86. The quantitative estimate of drug-likeness (QED) is 0.720. The smallest absolute Gasteiger partial charge is 0.293 e. The van der Waals surface area contributed by atoms with Crippen LogP contribution in [-0.2, 0) is 19.4 Å². The number of halogens is 1. The van der Waals surface area contributed by atoms with E-state index >= 15 is 0 Å². The molecular formula is C17H17ClN2O5S2. The van der Waals surface area contributed by atoms with Gasteiger partial charge in [0.1, 0.15) is 0 Å². The average molecular weight is 429 g/mol. The molecule has 1 aromatic rings. The molecule has 1 atom stereocenters. The fourth-order valence-corrected chi connectivity index (χ4v) is 5.57. The number of benzene rings is 1. The molecule has 2 heterocycles. The monoisotopic (exact) mass is 428 g/mol. The lowest BCUT2D eigenvalue weighted by molar-refractivity contribution is -0.124. The Bertz CT molecular complexity index is 929. The molecule has 2 fully saturated rings. The molecule has 1 unspecified atom stereocenters. The molecular weight excluding hydrogens is 412 g/mol. The summed E-state index contributed by atoms with van der Waals surface area (Å²) in [7, 11) is -3.08. The number of carbonyl (C=O) groups excluding carboxylic acids is 3. The van der Waals surface area contributed by atoms with E-state index in [4.69, 9.17) is 11.6 Å². The zero-order valence-corrected chi connectivity index (χ0v) is 16.6. The number of sulfone groups is 1. The highest BCUT2D eigenvalue weighted by Gasteiger charge is 2.35. The van der Waals surface area contributed by atoms with Gasteiger partial charge in [-0.15, -0.1) is 0 Å². The number of rotatable bonds is 5. The summed E-state index contributed by atoms with van der Waals surface area (Å²) in [6, 6.07) is 6.55. The third kappa shape index (κ3) is 4.91. The largest absolute Gasteiger partial charge is 0.352 e. The Hall–Kier alpha value is -1.84. The number of hydrogen-bond acceptors (Lipinski definition) is 6. The van der Waals surface area contributed by atoms with Gasteiger partial charge in [-0.3, -0.25) is 19.3 Å². The Morgan fingerprint density at radius 1 is 1.33 bits per heavy atom. The third-order valence-corrected chi connectivity index (χ3v) is 7.24. The van der Waals surface area contributed by atoms with Crippen LogP contribution >= 0.6 is 23.4 Å². The molecule has 1 aromatic carbocycles. The molecule has 2 saturated heterocycles. The number of nitrogens with zero attached hydrogens (tertiary/aromatic N) is 1. The van der Waals surface area contributed by atoms with E-state index < -0.39 is 27.0 Å². The maximum Gasteiger partial charge on any atom is 0.293 e. The van der Waals surface area contributed by atoms with Crippen LogP contribution in [0.3, 0.4) is 0 Å². The topological polar surface area (TPSA) is 101 Å². The molecule has 2 aliphatic rings. The van der Waals surface area contributed by atoms with Gasteiger partial charge in [0.25, 0.3) is 11.1 Å². The van der Waals surface area contributed by atoms with Gasteiger partial charge in [0.15, 0.2) is 9.84 Å². The van der Waals surface area contributed by atoms with Crippen LogP contribution < -0.4 is 5.32 Å². The summed E-state index contributed by atoms with van der Waals surface area (Å²) in [4.78, 5) is 37.8. The molecule has 0 aromatic heterocycles. The number of nitrogens with one attached hydrogen (secondary N) is 1. The summed E-state index contributed by atoms with van der Waals surface area (Å²) in [5.41, 5.74) is 0.629. The second-order valence-electron chi connectivity index (χ2n) is 6.27. The first kappa shape index (κ1) is 19.9. The maximum atomic E-state index is 12.4. The summed E-state index contributed by atoms with van der Waals surface area (Å²) in [6.45, 7) is -0.0597. The van der Waals surface area contributed by atoms with Crippen LogP contribution in [0.4, 0.5) is 4.79 Å². The number of thioether (sulfide) groups is 1. The highest BCUT2D eigenvalue weighted by Crippen LogP contribution is 2.33. The minimum absolute atomic E-state index is 0.0597. The standard InChI is InChI=1S/C17H17ClN2O5S2/c18-13-4-2-1-3-11(13)9-14-16(22)20(17(23)26-14)7-5-15(21)19-12-6-8-27(24,25)10-12/h1-4,9,12H,5-8,10H2,(H,19,21)/b14-9-. The van der Waals surface area contributed by atoms with Crippen LogP contribution in [-0.4, -0.2) is 54.5 Å². The van der Waals surface area contributed by atoms with Crippen molar-refractivity contribution in [3.63, 3.8) is 0 Å². The predicted molar refractivity (Wildman–Crippen MR) is 104 cm³/mol. The second kappa shape index (κ2) is 8.04. The van der Waals surface area contributed by atoms with E-state index in [1.165, 1.54) is 0 Å². The summed E-state index contributed by atoms with van der Waals surface area (Å²) in [5, 5.41) is 2.66. The Morgan fingerprint density at radius 3 is 2.74 bits per heavy atom. The highest BCUT2D eigenvalue weighted by molar-refractivity contribution is 8.18. The van der Waals surface area contributed by atoms with Gasteiger partial charge in [-0.05, 0) is 35.9 Å². The maximum absolute atomic E-state index is 12.4. The highest BCUT2D eigenvalue weighted by atomic mass is 35.5. The van der Waals surface area contributed by atoms with Crippen LogP contribution in [0, 0.1) is 0 Å². The Labute approximate surface area is 166 Å². The number of imide groups is 1. The van der Waals surface area contributed by atoms with E-state index in [1.807, 2.05) is 0 Å². The summed E-state index contributed by atoms with van der Waals surface area (Å²) in [5.74, 6) is -0.859. The number of hydrogen-bond donors (Lipinski definition) is 1. The molecule has 0 bridgehead atoms. The molecule has 2 aliphatic heterocycles. The van der Waals surface area contributed by atoms with E-state index in [2.05, 4.69) is 5.32 Å². The predicted octanol–water partition coefficient (Wildman–Crippen LogP) is 2.07. The molecule has 3 rings (SSSR count). The van der Waals surface area contributed by atoms with Crippen molar-refractivity contribution in [2.75, 3.05) is 18.1 Å². The molecule has 1 N–H and O–H groups in total. The lowest BCUT2D eigenvalue weighted by Gasteiger charge is -2.14. The van der Waals surface area contributed by atoms with Crippen LogP contribution in [0.15, 0.2) is 29.2 Å². The zero-order valence-electron chi connectivity index (χ0n) is 14.2. The zero-order chi connectivity index (χ0) is 19.6. The third-order valence-electron chi connectivity index (χ3n) is 4.23. The molecule has 0 radical (unpaired) electrons. The lowest BCUT2D eigenvalue weighted by atomic mass is 10.2. The molecule has 0 aliphatic carbocycles. The minimum atomic E-state index is -3.08. The molecule has 3 amide bonds. The van der Waals surface area contributed by atoms with Crippen LogP contribution in [0.1, 0.15) is 18.4 Å². The van der Waals surface area contributed by atoms with Crippen LogP contribution in [0.2, 0.25) is 5.02 Å². The Morgan fingerprint density at radius 2 is 2.07 bits per heavy atom. The van der Waals surface area contributed by atoms with E-state index in [0.29, 0.717) is 17.0 Å². The van der Waals surface area contributed by atoms with Crippen molar-refractivity contribution in [2.24, 2.45) is 0 Å². The first-order valence-electron chi connectivity index (χ1n) is 8.25. The number of carbonyl (C=O) groups is 3. The first-order valence-corrected chi connectivity index (χ1v) is 11.3. The van der Waals surface area contributed by atoms with Gasteiger partial charge in [-0.2, -0.15) is 0 Å². The van der Waals surface area contributed by atoms with E-state index in [9.17, 15) is 22.8 Å². The van der Waals surface area contributed by atoms with Gasteiger partial charge in [-0.25, -0.2) is 8.42 Å². The Kier molecular flexibility index (Phi) is 5.92. The molecule has 0 spiro atoms. The van der Waals surface area contributed by atoms with Crippen molar-refractivity contribution in [3.05, 3.63) is 39.8 Å². The van der Waals surface area contributed by atoms with Crippen LogP contribution in [0.25, 0.3) is 6.08 Å². The first-order chi connectivity index (χ1) is 12.7. The Balaban J connectivity index is 1.58. The van der Waals surface area contributed by atoms with Crippen molar-refractivity contribution >= 4 is 56.3 Å². The van der Waals surface area contributed by atoms with Gasteiger partial charge in [0, 0.05) is 24.0 Å². The molecule has 7 nitrogen and oxygen atoms in total. The fraction of sp³-hybridized carbons (Fsp3) is 0.353. The van der Waals surface area contributed by atoms with Crippen molar-refractivity contribution in [1.82, 2.24) is 10.2 Å². The van der Waals surface area contributed by atoms with E-state index in [-0.39, 0.29) is 35.3 Å². The fourth-order valence-electron chi connectivity index (χ4n) is 2.85. The minimum Gasteiger partial charge on any atom is -0.352 e. The van der Waals surface area contributed by atoms with Gasteiger partial charge >= 0.3 is 0 Å². The second-order valence-corrected chi connectivity index (χ2v) is 9.90.